The van der Waals surface area contributed by atoms with Gasteiger partial charge in [0.1, 0.15) is 11.8 Å². The maximum atomic E-state index is 13.9. The summed E-state index contributed by atoms with van der Waals surface area (Å²) in [5, 5.41) is 3.15. The van der Waals surface area contributed by atoms with Crippen molar-refractivity contribution in [1.29, 1.82) is 0 Å². The van der Waals surface area contributed by atoms with Crippen molar-refractivity contribution in [3.8, 4) is 17.2 Å². The summed E-state index contributed by atoms with van der Waals surface area (Å²) in [6, 6.07) is 14.5. The maximum Gasteiger partial charge on any atom is 0.294 e. The monoisotopic (exact) mass is 478 g/mol. The summed E-state index contributed by atoms with van der Waals surface area (Å²) in [6.45, 7) is 0. The van der Waals surface area contributed by atoms with Gasteiger partial charge in [-0.25, -0.2) is 0 Å². The van der Waals surface area contributed by atoms with E-state index in [0.29, 0.717) is 28.5 Å². The van der Waals surface area contributed by atoms with Crippen LogP contribution >= 0.6 is 0 Å². The van der Waals surface area contributed by atoms with E-state index in [2.05, 4.69) is 5.32 Å². The predicted octanol–water partition coefficient (Wildman–Crippen LogP) is 4.75. The van der Waals surface area contributed by atoms with Gasteiger partial charge in [0.05, 0.1) is 27.6 Å². The second-order valence-corrected chi connectivity index (χ2v) is 8.33. The molecular formula is C27H30N2O6. The molecule has 0 saturated heterocycles. The number of amides is 2. The molecule has 35 heavy (non-hydrogen) atoms. The van der Waals surface area contributed by atoms with E-state index in [9.17, 15) is 9.59 Å². The van der Waals surface area contributed by atoms with Crippen molar-refractivity contribution in [3.05, 3.63) is 72.2 Å². The van der Waals surface area contributed by atoms with Crippen LogP contribution in [-0.2, 0) is 4.79 Å². The number of nitrogens with one attached hydrogen (secondary N) is 1. The molecule has 1 fully saturated rings. The summed E-state index contributed by atoms with van der Waals surface area (Å²) < 4.78 is 22.0. The lowest BCUT2D eigenvalue weighted by molar-refractivity contribution is -0.123. The number of hydrogen-bond acceptors (Lipinski definition) is 6. The summed E-state index contributed by atoms with van der Waals surface area (Å²) in [4.78, 5) is 29.2. The number of para-hydroxylation sites is 1. The molecule has 0 radical (unpaired) electrons. The molecule has 3 aromatic rings. The standard InChI is InChI=1S/C27H30N2O6/c1-32-20-12-6-11-19(17-20)29(27(31)23-15-8-16-35-23)24(26(30)28-18-9-4-5-10-18)21-13-7-14-22(33-2)25(21)34-3/h6-8,11-18,24H,4-5,9-10H2,1-3H3,(H,28,30)/t24-/m1/s1. The summed E-state index contributed by atoms with van der Waals surface area (Å²) >= 11 is 0. The fourth-order valence-electron chi connectivity index (χ4n) is 4.54. The van der Waals surface area contributed by atoms with E-state index in [0.717, 1.165) is 25.7 Å². The molecule has 0 unspecified atom stereocenters. The fourth-order valence-corrected chi connectivity index (χ4v) is 4.54. The first-order chi connectivity index (χ1) is 17.1. The molecule has 2 amide bonds. The van der Waals surface area contributed by atoms with Gasteiger partial charge in [-0.05, 0) is 43.2 Å². The minimum atomic E-state index is -1.06. The summed E-state index contributed by atoms with van der Waals surface area (Å²) in [6.07, 6.45) is 5.35. The van der Waals surface area contributed by atoms with Gasteiger partial charge in [-0.2, -0.15) is 0 Å². The van der Waals surface area contributed by atoms with Gasteiger partial charge in [0.15, 0.2) is 17.3 Å². The number of carbonyl (C=O) groups is 2. The lowest BCUT2D eigenvalue weighted by atomic mass is 10.00. The summed E-state index contributed by atoms with van der Waals surface area (Å²) in [7, 11) is 4.59. The van der Waals surface area contributed by atoms with Crippen LogP contribution in [0.4, 0.5) is 5.69 Å². The van der Waals surface area contributed by atoms with Crippen molar-refractivity contribution < 1.29 is 28.2 Å². The predicted molar refractivity (Wildman–Crippen MR) is 131 cm³/mol. The number of nitrogens with zero attached hydrogens (tertiary/aromatic N) is 1. The van der Waals surface area contributed by atoms with Gasteiger partial charge in [-0.3, -0.25) is 14.5 Å². The van der Waals surface area contributed by atoms with Crippen LogP contribution in [0.5, 0.6) is 17.2 Å². The van der Waals surface area contributed by atoms with Crippen LogP contribution in [0.25, 0.3) is 0 Å². The zero-order chi connectivity index (χ0) is 24.8. The number of ether oxygens (including phenoxy) is 3. The molecule has 1 aliphatic carbocycles. The Morgan fingerprint density at radius 3 is 2.40 bits per heavy atom. The highest BCUT2D eigenvalue weighted by Crippen LogP contribution is 2.40. The van der Waals surface area contributed by atoms with E-state index < -0.39 is 11.9 Å². The lowest BCUT2D eigenvalue weighted by Gasteiger charge is -2.32. The first-order valence-corrected chi connectivity index (χ1v) is 11.6. The van der Waals surface area contributed by atoms with Crippen LogP contribution in [0.3, 0.4) is 0 Å². The molecule has 1 saturated carbocycles. The highest BCUT2D eigenvalue weighted by Gasteiger charge is 2.38. The molecule has 1 aliphatic rings. The largest absolute Gasteiger partial charge is 0.497 e. The Balaban J connectivity index is 1.90. The van der Waals surface area contributed by atoms with E-state index in [1.807, 2.05) is 0 Å². The quantitative estimate of drug-likeness (QED) is 0.477. The van der Waals surface area contributed by atoms with Gasteiger partial charge in [-0.15, -0.1) is 0 Å². The Hall–Kier alpha value is -3.94. The number of methoxy groups -OCH3 is 3. The first-order valence-electron chi connectivity index (χ1n) is 11.6. The molecule has 1 N–H and O–H groups in total. The third-order valence-electron chi connectivity index (χ3n) is 6.22. The average molecular weight is 479 g/mol. The van der Waals surface area contributed by atoms with E-state index in [4.69, 9.17) is 18.6 Å². The molecule has 4 rings (SSSR count). The first kappa shape index (κ1) is 24.2. The maximum absolute atomic E-state index is 13.9. The minimum Gasteiger partial charge on any atom is -0.497 e. The van der Waals surface area contributed by atoms with Crippen LogP contribution in [-0.4, -0.2) is 39.2 Å². The molecule has 0 bridgehead atoms. The second-order valence-electron chi connectivity index (χ2n) is 8.33. The minimum absolute atomic E-state index is 0.0486. The van der Waals surface area contributed by atoms with Gasteiger partial charge >= 0.3 is 0 Å². The number of furan rings is 1. The zero-order valence-corrected chi connectivity index (χ0v) is 20.2. The van der Waals surface area contributed by atoms with E-state index in [1.54, 1.807) is 61.7 Å². The van der Waals surface area contributed by atoms with Crippen molar-refractivity contribution in [1.82, 2.24) is 5.32 Å². The molecular weight excluding hydrogens is 448 g/mol. The number of anilines is 1. The Morgan fingerprint density at radius 2 is 1.74 bits per heavy atom. The van der Waals surface area contributed by atoms with Crippen LogP contribution in [0.2, 0.25) is 0 Å². The average Bonchev–Trinajstić information content (AvgIpc) is 3.61. The third kappa shape index (κ3) is 5.11. The molecule has 0 aliphatic heterocycles. The van der Waals surface area contributed by atoms with Crippen LogP contribution in [0.15, 0.2) is 65.3 Å². The summed E-state index contributed by atoms with van der Waals surface area (Å²) in [5.74, 6) is 0.702. The van der Waals surface area contributed by atoms with E-state index >= 15 is 0 Å². The fraction of sp³-hybridized carbons (Fsp3) is 0.333. The smallest absolute Gasteiger partial charge is 0.294 e. The number of rotatable bonds is 9. The van der Waals surface area contributed by atoms with Crippen molar-refractivity contribution in [2.24, 2.45) is 0 Å². The SMILES string of the molecule is COc1cccc(N(C(=O)c2ccco2)[C@@H](C(=O)NC2CCCC2)c2cccc(OC)c2OC)c1. The molecule has 2 aromatic carbocycles. The van der Waals surface area contributed by atoms with Crippen LogP contribution in [0, 0.1) is 0 Å². The molecule has 1 heterocycles. The second kappa shape index (κ2) is 11.0. The highest BCUT2D eigenvalue weighted by atomic mass is 16.5. The van der Waals surface area contributed by atoms with Crippen molar-refractivity contribution in [2.45, 2.75) is 37.8 Å². The van der Waals surface area contributed by atoms with Crippen LogP contribution < -0.4 is 24.4 Å². The van der Waals surface area contributed by atoms with E-state index in [-0.39, 0.29) is 17.7 Å². The Morgan fingerprint density at radius 1 is 0.971 bits per heavy atom. The normalized spacial score (nSPS) is 14.3. The Kier molecular flexibility index (Phi) is 7.60. The number of hydrogen-bond donors (Lipinski definition) is 1. The molecule has 8 nitrogen and oxygen atoms in total. The van der Waals surface area contributed by atoms with Crippen molar-refractivity contribution in [2.75, 3.05) is 26.2 Å². The van der Waals surface area contributed by atoms with Gasteiger partial charge in [0.2, 0.25) is 5.91 Å². The van der Waals surface area contributed by atoms with E-state index in [1.165, 1.54) is 25.4 Å². The van der Waals surface area contributed by atoms with Gasteiger partial charge in [-0.1, -0.05) is 31.0 Å². The number of benzene rings is 2. The Bertz CT molecular complexity index is 1150. The molecule has 1 atom stereocenters. The van der Waals surface area contributed by atoms with Gasteiger partial charge in [0, 0.05) is 23.4 Å². The molecule has 0 spiro atoms. The molecule has 184 valence electrons. The summed E-state index contributed by atoms with van der Waals surface area (Å²) in [5.41, 5.74) is 0.965. The van der Waals surface area contributed by atoms with Gasteiger partial charge in [0.25, 0.3) is 5.91 Å². The topological polar surface area (TPSA) is 90.2 Å². The highest BCUT2D eigenvalue weighted by molar-refractivity contribution is 6.09. The number of carbonyl (C=O) groups excluding carboxylic acids is 2. The Labute approximate surface area is 204 Å². The van der Waals surface area contributed by atoms with Gasteiger partial charge < -0.3 is 23.9 Å². The molecule has 8 heteroatoms. The zero-order valence-electron chi connectivity index (χ0n) is 20.2. The molecule has 1 aromatic heterocycles. The van der Waals surface area contributed by atoms with Crippen LogP contribution in [0.1, 0.15) is 47.8 Å². The lowest BCUT2D eigenvalue weighted by Crippen LogP contribution is -2.46. The third-order valence-corrected chi connectivity index (χ3v) is 6.22. The van der Waals surface area contributed by atoms with Crippen molar-refractivity contribution >= 4 is 17.5 Å². The van der Waals surface area contributed by atoms with Crippen molar-refractivity contribution in [3.63, 3.8) is 0 Å².